The molecular weight excluding hydrogens is 189 g/mol. The zero-order valence-corrected chi connectivity index (χ0v) is 6.75. The van der Waals surface area contributed by atoms with Crippen molar-refractivity contribution in [1.29, 1.82) is 0 Å². The lowest BCUT2D eigenvalue weighted by atomic mass is 10.1. The van der Waals surface area contributed by atoms with Gasteiger partial charge in [0.1, 0.15) is 6.04 Å². The fourth-order valence-corrected chi connectivity index (χ4v) is 1.53. The Morgan fingerprint density at radius 3 is 2.25 bits per heavy atom. The number of hydrogen-bond donors (Lipinski definition) is 2. The molecule has 12 heavy (non-hydrogen) atoms. The molecule has 4 N–H and O–H groups in total. The van der Waals surface area contributed by atoms with Crippen LogP contribution in [0, 0.1) is 0 Å². The summed E-state index contributed by atoms with van der Waals surface area (Å²) >= 11 is 1.11. The summed E-state index contributed by atoms with van der Waals surface area (Å²) in [6, 6.07) is -1.97. The molecule has 0 fully saturated rings. The maximum atomic E-state index is 12.0. The standard InChI is InChI=1S/C6H7F3N2S/c7-6(8,9)5(11)3-1-12-2-4(3)10/h1-2,5H,10-11H2. The predicted molar refractivity (Wildman–Crippen MR) is 41.7 cm³/mol. The fourth-order valence-electron chi connectivity index (χ4n) is 0.746. The van der Waals surface area contributed by atoms with Gasteiger partial charge < -0.3 is 11.5 Å². The number of rotatable bonds is 1. The van der Waals surface area contributed by atoms with E-state index in [2.05, 4.69) is 0 Å². The van der Waals surface area contributed by atoms with Gasteiger partial charge in [0.15, 0.2) is 0 Å². The molecule has 0 amide bonds. The summed E-state index contributed by atoms with van der Waals surface area (Å²) in [6.45, 7) is 0. The van der Waals surface area contributed by atoms with Crippen molar-refractivity contribution in [3.63, 3.8) is 0 Å². The molecule has 0 saturated heterocycles. The topological polar surface area (TPSA) is 52.0 Å². The minimum atomic E-state index is -4.42. The highest BCUT2D eigenvalue weighted by Gasteiger charge is 2.38. The van der Waals surface area contributed by atoms with Crippen LogP contribution in [0.2, 0.25) is 0 Å². The molecule has 68 valence electrons. The van der Waals surface area contributed by atoms with Crippen molar-refractivity contribution in [1.82, 2.24) is 0 Å². The van der Waals surface area contributed by atoms with Crippen molar-refractivity contribution in [3.05, 3.63) is 16.3 Å². The Kier molecular flexibility index (Phi) is 2.29. The van der Waals surface area contributed by atoms with E-state index in [1.165, 1.54) is 10.8 Å². The fraction of sp³-hybridized carbons (Fsp3) is 0.333. The maximum Gasteiger partial charge on any atom is 0.407 e. The van der Waals surface area contributed by atoms with E-state index in [0.29, 0.717) is 0 Å². The number of nitrogens with two attached hydrogens (primary N) is 2. The van der Waals surface area contributed by atoms with Crippen LogP contribution in [-0.4, -0.2) is 6.18 Å². The molecule has 1 atom stereocenters. The van der Waals surface area contributed by atoms with Gasteiger partial charge >= 0.3 is 6.18 Å². The quantitative estimate of drug-likeness (QED) is 0.720. The van der Waals surface area contributed by atoms with Crippen molar-refractivity contribution in [2.45, 2.75) is 12.2 Å². The van der Waals surface area contributed by atoms with Crippen molar-refractivity contribution in [2.24, 2.45) is 5.73 Å². The van der Waals surface area contributed by atoms with Gasteiger partial charge in [-0.2, -0.15) is 13.2 Å². The first-order valence-electron chi connectivity index (χ1n) is 3.07. The highest BCUT2D eigenvalue weighted by Crippen LogP contribution is 2.34. The highest BCUT2D eigenvalue weighted by molar-refractivity contribution is 7.08. The van der Waals surface area contributed by atoms with E-state index in [9.17, 15) is 13.2 Å². The van der Waals surface area contributed by atoms with Gasteiger partial charge in [0.05, 0.1) is 0 Å². The molecule has 0 saturated carbocycles. The Morgan fingerprint density at radius 2 is 1.92 bits per heavy atom. The number of anilines is 1. The summed E-state index contributed by atoms with van der Waals surface area (Å²) in [7, 11) is 0. The van der Waals surface area contributed by atoms with E-state index in [-0.39, 0.29) is 11.3 Å². The average molecular weight is 196 g/mol. The SMILES string of the molecule is Nc1cscc1C(N)C(F)(F)F. The monoisotopic (exact) mass is 196 g/mol. The second kappa shape index (κ2) is 2.95. The van der Waals surface area contributed by atoms with Crippen LogP contribution in [0.3, 0.4) is 0 Å². The van der Waals surface area contributed by atoms with Crippen molar-refractivity contribution >= 4 is 17.0 Å². The first kappa shape index (κ1) is 9.34. The molecule has 1 heterocycles. The van der Waals surface area contributed by atoms with Gasteiger partial charge in [-0.1, -0.05) is 0 Å². The molecule has 0 radical (unpaired) electrons. The lowest BCUT2D eigenvalue weighted by molar-refractivity contribution is -0.148. The van der Waals surface area contributed by atoms with Crippen LogP contribution in [-0.2, 0) is 0 Å². The van der Waals surface area contributed by atoms with E-state index >= 15 is 0 Å². The number of nitrogen functional groups attached to an aromatic ring is 1. The molecule has 0 aliphatic heterocycles. The summed E-state index contributed by atoms with van der Waals surface area (Å²) in [6.07, 6.45) is -4.42. The van der Waals surface area contributed by atoms with Gasteiger partial charge in [-0.05, 0) is 5.38 Å². The Labute approximate surface area is 71.0 Å². The lowest BCUT2D eigenvalue weighted by Gasteiger charge is -2.14. The summed E-state index contributed by atoms with van der Waals surface area (Å²) in [5.41, 5.74) is 10.2. The molecule has 0 aliphatic carbocycles. The molecule has 1 rings (SSSR count). The zero-order valence-electron chi connectivity index (χ0n) is 5.93. The van der Waals surface area contributed by atoms with Crippen LogP contribution in [0.1, 0.15) is 11.6 Å². The third-order valence-corrected chi connectivity index (χ3v) is 2.19. The van der Waals surface area contributed by atoms with E-state index < -0.39 is 12.2 Å². The molecule has 0 spiro atoms. The highest BCUT2D eigenvalue weighted by atomic mass is 32.1. The molecule has 1 aromatic rings. The summed E-state index contributed by atoms with van der Waals surface area (Å²) in [4.78, 5) is 0. The van der Waals surface area contributed by atoms with E-state index in [1.807, 2.05) is 0 Å². The maximum absolute atomic E-state index is 12.0. The van der Waals surface area contributed by atoms with Crippen molar-refractivity contribution in [2.75, 3.05) is 5.73 Å². The second-order valence-corrected chi connectivity index (χ2v) is 3.05. The molecule has 6 heteroatoms. The van der Waals surface area contributed by atoms with Gasteiger partial charge in [0.25, 0.3) is 0 Å². The number of thiophene rings is 1. The normalized spacial score (nSPS) is 14.7. The summed E-state index contributed by atoms with van der Waals surface area (Å²) < 4.78 is 36.0. The first-order chi connectivity index (χ1) is 5.43. The Hall–Kier alpha value is -0.750. The van der Waals surface area contributed by atoms with Gasteiger partial charge in [0.2, 0.25) is 0 Å². The van der Waals surface area contributed by atoms with Crippen molar-refractivity contribution in [3.8, 4) is 0 Å². The zero-order chi connectivity index (χ0) is 9.35. The average Bonchev–Trinajstić information content (AvgIpc) is 2.31. The number of halogens is 3. The van der Waals surface area contributed by atoms with Gasteiger partial charge in [-0.25, -0.2) is 0 Å². The number of alkyl halides is 3. The van der Waals surface area contributed by atoms with Crippen LogP contribution in [0.15, 0.2) is 10.8 Å². The Bertz CT molecular complexity index is 268. The van der Waals surface area contributed by atoms with Gasteiger partial charge in [-0.3, -0.25) is 0 Å². The summed E-state index contributed by atoms with van der Waals surface area (Å²) in [5.74, 6) is 0. The molecule has 1 aromatic heterocycles. The van der Waals surface area contributed by atoms with E-state index in [1.54, 1.807) is 0 Å². The predicted octanol–water partition coefficient (Wildman–Crippen LogP) is 1.89. The van der Waals surface area contributed by atoms with Gasteiger partial charge in [-0.15, -0.1) is 11.3 Å². The van der Waals surface area contributed by atoms with Crippen LogP contribution in [0.4, 0.5) is 18.9 Å². The minimum Gasteiger partial charge on any atom is -0.398 e. The molecule has 0 bridgehead atoms. The number of hydrogen-bond acceptors (Lipinski definition) is 3. The molecule has 1 unspecified atom stereocenters. The van der Waals surface area contributed by atoms with Gasteiger partial charge in [0, 0.05) is 16.6 Å². The Morgan fingerprint density at radius 1 is 1.33 bits per heavy atom. The third-order valence-electron chi connectivity index (χ3n) is 1.41. The second-order valence-electron chi connectivity index (χ2n) is 2.30. The van der Waals surface area contributed by atoms with Crippen molar-refractivity contribution < 1.29 is 13.2 Å². The van der Waals surface area contributed by atoms with E-state index in [4.69, 9.17) is 11.5 Å². The largest absolute Gasteiger partial charge is 0.407 e. The first-order valence-corrected chi connectivity index (χ1v) is 4.01. The van der Waals surface area contributed by atoms with E-state index in [0.717, 1.165) is 11.3 Å². The molecule has 0 aromatic carbocycles. The van der Waals surface area contributed by atoms with Crippen LogP contribution in [0.25, 0.3) is 0 Å². The minimum absolute atomic E-state index is 0.0486. The Balaban J connectivity index is 2.92. The van der Waals surface area contributed by atoms with Crippen LogP contribution in [0.5, 0.6) is 0 Å². The van der Waals surface area contributed by atoms with Crippen LogP contribution >= 0.6 is 11.3 Å². The molecule has 0 aliphatic rings. The third kappa shape index (κ3) is 1.70. The van der Waals surface area contributed by atoms with Crippen LogP contribution < -0.4 is 11.5 Å². The smallest absolute Gasteiger partial charge is 0.398 e. The molecule has 2 nitrogen and oxygen atoms in total. The lowest BCUT2D eigenvalue weighted by Crippen LogP contribution is -2.28. The summed E-state index contributed by atoms with van der Waals surface area (Å²) in [5, 5.41) is 2.74. The molecular formula is C6H7F3N2S.